The molecule has 178 valence electrons. The van der Waals surface area contributed by atoms with Crippen LogP contribution in [0.3, 0.4) is 0 Å². The molecule has 0 bridgehead atoms. The Morgan fingerprint density at radius 1 is 1.24 bits per heavy atom. The van der Waals surface area contributed by atoms with E-state index in [1.807, 2.05) is 0 Å². The number of halogens is 3. The van der Waals surface area contributed by atoms with Crippen molar-refractivity contribution in [2.45, 2.75) is 18.8 Å². The fraction of sp³-hybridized carbons (Fsp3) is 0.364. The second-order valence-corrected chi connectivity index (χ2v) is 8.65. The Hall–Kier alpha value is -3.47. The van der Waals surface area contributed by atoms with Crippen LogP contribution in [0.15, 0.2) is 29.2 Å². The minimum Gasteiger partial charge on any atom is -0.460 e. The van der Waals surface area contributed by atoms with E-state index in [4.69, 9.17) is 16.3 Å². The number of hydrogen-bond acceptors (Lipinski definition) is 8. The lowest BCUT2D eigenvalue weighted by molar-refractivity contribution is -0.0222. The SMILES string of the molecule is Cn1c(=O)c2c(c3cc(Nc4nc(N5CCC(F)(F)CC5)ncc4Cl)ccc31)NCCOC2=O. The summed E-state index contributed by atoms with van der Waals surface area (Å²) < 4.78 is 33.6. The number of aryl methyl sites for hydroxylation is 1. The molecule has 9 nitrogen and oxygen atoms in total. The van der Waals surface area contributed by atoms with Gasteiger partial charge in [-0.1, -0.05) is 11.6 Å². The molecule has 3 aromatic rings. The van der Waals surface area contributed by atoms with Crippen molar-refractivity contribution in [3.63, 3.8) is 0 Å². The lowest BCUT2D eigenvalue weighted by atomic mass is 10.1. The smallest absolute Gasteiger partial charge is 0.346 e. The topological polar surface area (TPSA) is 101 Å². The van der Waals surface area contributed by atoms with Crippen molar-refractivity contribution in [3.8, 4) is 0 Å². The second kappa shape index (κ2) is 8.39. The molecule has 0 amide bonds. The molecule has 0 radical (unpaired) electrons. The summed E-state index contributed by atoms with van der Waals surface area (Å²) in [6.07, 6.45) is 0.907. The number of fused-ring (bicyclic) bond motifs is 3. The van der Waals surface area contributed by atoms with Gasteiger partial charge in [0, 0.05) is 50.6 Å². The maximum absolute atomic E-state index is 13.5. The first kappa shape index (κ1) is 22.3. The maximum atomic E-state index is 13.5. The Kier molecular flexibility index (Phi) is 5.51. The number of hydrogen-bond donors (Lipinski definition) is 2. The van der Waals surface area contributed by atoms with E-state index in [9.17, 15) is 18.4 Å². The molecule has 0 unspecified atom stereocenters. The van der Waals surface area contributed by atoms with E-state index in [-0.39, 0.29) is 43.1 Å². The summed E-state index contributed by atoms with van der Waals surface area (Å²) in [7, 11) is 1.59. The van der Waals surface area contributed by atoms with E-state index in [0.29, 0.717) is 40.6 Å². The van der Waals surface area contributed by atoms with Gasteiger partial charge in [-0.25, -0.2) is 18.6 Å². The van der Waals surface area contributed by atoms with E-state index in [2.05, 4.69) is 20.6 Å². The molecule has 2 aliphatic heterocycles. The van der Waals surface area contributed by atoms with Gasteiger partial charge in [-0.2, -0.15) is 4.98 Å². The molecule has 0 saturated carbocycles. The van der Waals surface area contributed by atoms with Crippen molar-refractivity contribution in [2.24, 2.45) is 7.05 Å². The highest BCUT2D eigenvalue weighted by molar-refractivity contribution is 6.33. The number of cyclic esters (lactones) is 1. The van der Waals surface area contributed by atoms with E-state index in [1.165, 1.54) is 10.8 Å². The number of carbonyl (C=O) groups is 1. The highest BCUT2D eigenvalue weighted by atomic mass is 35.5. The van der Waals surface area contributed by atoms with Crippen LogP contribution in [0.4, 0.5) is 31.9 Å². The van der Waals surface area contributed by atoms with Gasteiger partial charge in [0.05, 0.1) is 17.4 Å². The first-order valence-corrected chi connectivity index (χ1v) is 11.1. The molecule has 1 saturated heterocycles. The van der Waals surface area contributed by atoms with Gasteiger partial charge in [0.25, 0.3) is 11.5 Å². The van der Waals surface area contributed by atoms with E-state index in [0.717, 1.165) is 0 Å². The number of esters is 1. The van der Waals surface area contributed by atoms with E-state index >= 15 is 0 Å². The zero-order valence-electron chi connectivity index (χ0n) is 18.2. The number of carbonyl (C=O) groups excluding carboxylic acids is 1. The predicted octanol–water partition coefficient (Wildman–Crippen LogP) is 3.54. The summed E-state index contributed by atoms with van der Waals surface area (Å²) in [6.45, 7) is 0.810. The van der Waals surface area contributed by atoms with E-state index in [1.54, 1.807) is 30.1 Å². The minimum absolute atomic E-state index is 0.0473. The number of pyridine rings is 1. The van der Waals surface area contributed by atoms with Gasteiger partial charge in [-0.05, 0) is 18.2 Å². The van der Waals surface area contributed by atoms with Gasteiger partial charge >= 0.3 is 5.97 Å². The van der Waals surface area contributed by atoms with Crippen molar-refractivity contribution in [2.75, 3.05) is 41.8 Å². The summed E-state index contributed by atoms with van der Waals surface area (Å²) in [4.78, 5) is 35.5. The van der Waals surface area contributed by atoms with Crippen molar-refractivity contribution in [1.82, 2.24) is 14.5 Å². The predicted molar refractivity (Wildman–Crippen MR) is 125 cm³/mol. The third-order valence-corrected chi connectivity index (χ3v) is 6.29. The molecular formula is C22H21ClF2N6O3. The van der Waals surface area contributed by atoms with Crippen LogP contribution in [0.1, 0.15) is 23.2 Å². The van der Waals surface area contributed by atoms with Crippen molar-refractivity contribution < 1.29 is 18.3 Å². The number of aromatic nitrogens is 3. The highest BCUT2D eigenvalue weighted by Gasteiger charge is 2.35. The van der Waals surface area contributed by atoms with Crippen LogP contribution in [-0.4, -0.2) is 52.7 Å². The van der Waals surface area contributed by atoms with Crippen molar-refractivity contribution >= 4 is 51.6 Å². The summed E-state index contributed by atoms with van der Waals surface area (Å²) in [6, 6.07) is 5.28. The molecule has 2 aromatic heterocycles. The van der Waals surface area contributed by atoms with Crippen molar-refractivity contribution in [3.05, 3.63) is 45.3 Å². The highest BCUT2D eigenvalue weighted by Crippen LogP contribution is 2.33. The average molecular weight is 491 g/mol. The van der Waals surface area contributed by atoms with Crippen molar-refractivity contribution in [1.29, 1.82) is 0 Å². The molecule has 0 spiro atoms. The largest absolute Gasteiger partial charge is 0.460 e. The summed E-state index contributed by atoms with van der Waals surface area (Å²) >= 11 is 6.31. The van der Waals surface area contributed by atoms with Crippen LogP contribution in [0.2, 0.25) is 5.02 Å². The summed E-state index contributed by atoms with van der Waals surface area (Å²) in [5, 5.41) is 7.16. The fourth-order valence-electron chi connectivity index (χ4n) is 4.16. The van der Waals surface area contributed by atoms with Gasteiger partial charge < -0.3 is 24.8 Å². The normalized spacial score (nSPS) is 17.5. The average Bonchev–Trinajstić information content (AvgIpc) is 3.01. The Bertz CT molecular complexity index is 1350. The maximum Gasteiger partial charge on any atom is 0.346 e. The lowest BCUT2D eigenvalue weighted by Crippen LogP contribution is -2.40. The van der Waals surface area contributed by atoms with Gasteiger partial charge in [0.2, 0.25) is 5.95 Å². The second-order valence-electron chi connectivity index (χ2n) is 8.24. The van der Waals surface area contributed by atoms with Crippen LogP contribution in [0.25, 0.3) is 10.9 Å². The Morgan fingerprint density at radius 2 is 2.00 bits per heavy atom. The van der Waals surface area contributed by atoms with Gasteiger partial charge in [-0.15, -0.1) is 0 Å². The number of piperidine rings is 1. The van der Waals surface area contributed by atoms with Gasteiger partial charge in [-0.3, -0.25) is 4.79 Å². The van der Waals surface area contributed by atoms with Gasteiger partial charge in [0.15, 0.2) is 5.82 Å². The number of nitrogens with one attached hydrogen (secondary N) is 2. The monoisotopic (exact) mass is 490 g/mol. The number of anilines is 4. The van der Waals surface area contributed by atoms with Crippen LogP contribution < -0.4 is 21.1 Å². The fourth-order valence-corrected chi connectivity index (χ4v) is 4.30. The van der Waals surface area contributed by atoms with Crippen LogP contribution in [0, 0.1) is 0 Å². The molecule has 4 heterocycles. The molecule has 1 aromatic carbocycles. The molecule has 0 aliphatic carbocycles. The molecule has 0 atom stereocenters. The Balaban J connectivity index is 1.51. The summed E-state index contributed by atoms with van der Waals surface area (Å²) in [5.41, 5.74) is 1.14. The molecular weight excluding hydrogens is 470 g/mol. The van der Waals surface area contributed by atoms with Crippen LogP contribution in [0.5, 0.6) is 0 Å². The number of alkyl halides is 2. The first-order chi connectivity index (χ1) is 16.2. The quantitative estimate of drug-likeness (QED) is 0.538. The van der Waals surface area contributed by atoms with Crippen LogP contribution >= 0.6 is 11.6 Å². The zero-order chi connectivity index (χ0) is 24.0. The molecule has 2 aliphatic rings. The number of rotatable bonds is 3. The zero-order valence-corrected chi connectivity index (χ0v) is 19.0. The molecule has 1 fully saturated rings. The van der Waals surface area contributed by atoms with Gasteiger partial charge in [0.1, 0.15) is 17.2 Å². The number of ether oxygens (including phenoxy) is 1. The standard InChI is InChI=1S/C22H21ClF2N6O3/c1-30-15-3-2-12(10-13(15)17-16(19(30)32)20(33)34-9-6-26-17)28-18-14(23)11-27-21(29-18)31-7-4-22(24,25)5-8-31/h2-3,10-11,26H,4-9H2,1H3,(H,27,28,29). The Labute approximate surface area is 197 Å². The molecule has 34 heavy (non-hydrogen) atoms. The van der Waals surface area contributed by atoms with E-state index < -0.39 is 17.5 Å². The number of benzene rings is 1. The Morgan fingerprint density at radius 3 is 2.76 bits per heavy atom. The third kappa shape index (κ3) is 4.00. The molecule has 12 heteroatoms. The summed E-state index contributed by atoms with van der Waals surface area (Å²) in [5.74, 6) is -2.72. The molecule has 2 N–H and O–H groups in total. The molecule has 5 rings (SSSR count). The first-order valence-electron chi connectivity index (χ1n) is 10.7. The van der Waals surface area contributed by atoms with Crippen LogP contribution in [-0.2, 0) is 11.8 Å². The lowest BCUT2D eigenvalue weighted by Gasteiger charge is -2.31. The third-order valence-electron chi connectivity index (χ3n) is 6.01. The minimum atomic E-state index is -2.67. The number of nitrogens with zero attached hydrogens (tertiary/aromatic N) is 4.